The second kappa shape index (κ2) is 16.4. The summed E-state index contributed by atoms with van der Waals surface area (Å²) in [4.78, 5) is 42.1. The standard InChI is InChI=1S/C38H45F2N3O4S/c1-5-10-43(11-6-2)36(46)29-12-24(3)19-38(20-29,37(41)47)32(17-27-15-30(39)18-31(40)16-27)33(45)22-42-21-26-8-7-9-28(14-26)34-13-25(4)35(23-44)48-34/h7-9,12-16,18-19,23,32-33,42,45H,5-6,10-11,17,20-22H2,1-4H3,(H2,41,47)/t32-,33+,38?/m1/s1. The Morgan fingerprint density at radius 1 is 1.06 bits per heavy atom. The zero-order valence-corrected chi connectivity index (χ0v) is 28.8. The van der Waals surface area contributed by atoms with E-state index in [2.05, 4.69) is 5.32 Å². The molecule has 2 amide bonds. The van der Waals surface area contributed by atoms with E-state index in [4.69, 9.17) is 5.73 Å². The third-order valence-electron chi connectivity index (χ3n) is 8.84. The molecule has 3 atom stereocenters. The summed E-state index contributed by atoms with van der Waals surface area (Å²) >= 11 is 1.42. The molecule has 0 saturated carbocycles. The highest BCUT2D eigenvalue weighted by molar-refractivity contribution is 7.17. The number of allylic oxidation sites excluding steroid dienone is 2. The molecule has 1 heterocycles. The Bertz CT molecular complexity index is 1670. The first kappa shape index (κ1) is 36.8. The monoisotopic (exact) mass is 677 g/mol. The lowest BCUT2D eigenvalue weighted by Gasteiger charge is -2.42. The number of aliphatic hydroxyl groups is 1. The number of aryl methyl sites for hydroxylation is 1. The molecule has 4 N–H and O–H groups in total. The largest absolute Gasteiger partial charge is 0.391 e. The van der Waals surface area contributed by atoms with Crippen LogP contribution in [0.5, 0.6) is 0 Å². The molecule has 48 heavy (non-hydrogen) atoms. The molecular weight excluding hydrogens is 632 g/mol. The predicted octanol–water partition coefficient (Wildman–Crippen LogP) is 6.52. The van der Waals surface area contributed by atoms with Crippen molar-refractivity contribution in [2.75, 3.05) is 19.6 Å². The zero-order chi connectivity index (χ0) is 35.0. The molecule has 0 radical (unpaired) electrons. The van der Waals surface area contributed by atoms with E-state index in [9.17, 15) is 28.3 Å². The number of aliphatic hydroxyl groups excluding tert-OH is 1. The van der Waals surface area contributed by atoms with Crippen molar-refractivity contribution in [3.63, 3.8) is 0 Å². The highest BCUT2D eigenvalue weighted by Gasteiger charge is 2.48. The van der Waals surface area contributed by atoms with E-state index in [1.807, 2.05) is 51.1 Å². The maximum absolute atomic E-state index is 14.3. The van der Waals surface area contributed by atoms with Gasteiger partial charge in [-0.05, 0) is 86.1 Å². The second-order valence-corrected chi connectivity index (χ2v) is 13.8. The van der Waals surface area contributed by atoms with Crippen LogP contribution < -0.4 is 11.1 Å². The number of carbonyl (C=O) groups excluding carboxylic acids is 3. The number of carbonyl (C=O) groups is 3. The first-order valence-corrected chi connectivity index (χ1v) is 17.2. The summed E-state index contributed by atoms with van der Waals surface area (Å²) in [5.74, 6) is -3.39. The lowest BCUT2D eigenvalue weighted by atomic mass is 9.63. The number of rotatable bonds is 16. The molecule has 0 fully saturated rings. The van der Waals surface area contributed by atoms with E-state index in [0.29, 0.717) is 35.7 Å². The van der Waals surface area contributed by atoms with Crippen LogP contribution in [0.4, 0.5) is 8.78 Å². The summed E-state index contributed by atoms with van der Waals surface area (Å²) < 4.78 is 28.7. The van der Waals surface area contributed by atoms with Crippen molar-refractivity contribution < 1.29 is 28.3 Å². The van der Waals surface area contributed by atoms with Crippen LogP contribution in [-0.2, 0) is 22.6 Å². The Morgan fingerprint density at radius 2 is 1.75 bits per heavy atom. The van der Waals surface area contributed by atoms with Gasteiger partial charge in [0.2, 0.25) is 11.8 Å². The van der Waals surface area contributed by atoms with Crippen molar-refractivity contribution in [1.82, 2.24) is 10.2 Å². The second-order valence-electron chi connectivity index (χ2n) is 12.7. The number of benzene rings is 2. The van der Waals surface area contributed by atoms with Crippen molar-refractivity contribution in [2.45, 2.75) is 66.0 Å². The topological polar surface area (TPSA) is 113 Å². The van der Waals surface area contributed by atoms with Gasteiger partial charge in [-0.3, -0.25) is 14.4 Å². The number of primary amides is 1. The molecule has 4 rings (SSSR count). The minimum Gasteiger partial charge on any atom is -0.391 e. The average Bonchev–Trinajstić information content (AvgIpc) is 3.43. The van der Waals surface area contributed by atoms with Crippen molar-refractivity contribution in [3.8, 4) is 10.4 Å². The Kier molecular flexibility index (Phi) is 12.6. The van der Waals surface area contributed by atoms with Gasteiger partial charge >= 0.3 is 0 Å². The predicted molar refractivity (Wildman–Crippen MR) is 186 cm³/mol. The molecule has 0 saturated heterocycles. The van der Waals surface area contributed by atoms with Gasteiger partial charge in [0.15, 0.2) is 6.29 Å². The van der Waals surface area contributed by atoms with E-state index in [1.165, 1.54) is 23.5 Å². The van der Waals surface area contributed by atoms with Crippen LogP contribution in [0.3, 0.4) is 0 Å². The third kappa shape index (κ3) is 8.72. The van der Waals surface area contributed by atoms with E-state index in [-0.39, 0.29) is 30.9 Å². The zero-order valence-electron chi connectivity index (χ0n) is 28.0. The van der Waals surface area contributed by atoms with Gasteiger partial charge in [-0.25, -0.2) is 8.78 Å². The minimum atomic E-state index is -1.51. The van der Waals surface area contributed by atoms with Gasteiger partial charge in [-0.2, -0.15) is 0 Å². The van der Waals surface area contributed by atoms with Crippen molar-refractivity contribution in [2.24, 2.45) is 17.1 Å². The lowest BCUT2D eigenvalue weighted by molar-refractivity contribution is -0.132. The van der Waals surface area contributed by atoms with Crippen molar-refractivity contribution in [1.29, 1.82) is 0 Å². The van der Waals surface area contributed by atoms with Crippen LogP contribution >= 0.6 is 11.3 Å². The Labute approximate surface area is 285 Å². The van der Waals surface area contributed by atoms with E-state index >= 15 is 0 Å². The van der Waals surface area contributed by atoms with E-state index < -0.39 is 35.0 Å². The number of amides is 2. The SMILES string of the molecule is CCCN(CCC)C(=O)C1=CC(C)=CC(C(N)=O)([C@H](Cc2cc(F)cc(F)c2)[C@@H](O)CNCc2cccc(-c3cc(C)c(C=O)s3)c2)C1. The molecule has 1 aliphatic rings. The summed E-state index contributed by atoms with van der Waals surface area (Å²) in [7, 11) is 0. The fourth-order valence-electron chi connectivity index (χ4n) is 6.66. The van der Waals surface area contributed by atoms with Crippen LogP contribution in [0.15, 0.2) is 71.8 Å². The molecule has 3 aromatic rings. The molecule has 10 heteroatoms. The van der Waals surface area contributed by atoms with Crippen LogP contribution in [-0.4, -0.2) is 53.8 Å². The van der Waals surface area contributed by atoms with Gasteiger partial charge in [-0.15, -0.1) is 11.3 Å². The summed E-state index contributed by atoms with van der Waals surface area (Å²) in [6.45, 7) is 9.18. The Hall–Kier alpha value is -3.99. The lowest BCUT2D eigenvalue weighted by Crippen LogP contribution is -2.51. The molecule has 1 aliphatic carbocycles. The molecular formula is C38H45F2N3O4S. The highest BCUT2D eigenvalue weighted by atomic mass is 32.1. The molecule has 7 nitrogen and oxygen atoms in total. The third-order valence-corrected chi connectivity index (χ3v) is 10.1. The maximum Gasteiger partial charge on any atom is 0.249 e. The van der Waals surface area contributed by atoms with E-state index in [0.717, 1.165) is 46.8 Å². The normalized spacial score (nSPS) is 17.3. The first-order valence-electron chi connectivity index (χ1n) is 16.4. The van der Waals surface area contributed by atoms with Crippen LogP contribution in [0.1, 0.15) is 66.4 Å². The molecule has 1 aromatic heterocycles. The van der Waals surface area contributed by atoms with Gasteiger partial charge in [0.05, 0.1) is 16.4 Å². The van der Waals surface area contributed by atoms with Crippen LogP contribution in [0.25, 0.3) is 10.4 Å². The number of hydrogen-bond donors (Lipinski definition) is 3. The summed E-state index contributed by atoms with van der Waals surface area (Å²) in [5.41, 5.74) is 8.76. The fourth-order valence-corrected chi connectivity index (χ4v) is 7.64. The van der Waals surface area contributed by atoms with Crippen molar-refractivity contribution in [3.05, 3.63) is 105 Å². The Morgan fingerprint density at radius 3 is 2.35 bits per heavy atom. The highest BCUT2D eigenvalue weighted by Crippen LogP contribution is 2.44. The number of nitrogens with two attached hydrogens (primary N) is 1. The Balaban J connectivity index is 1.63. The molecule has 2 aromatic carbocycles. The first-order chi connectivity index (χ1) is 22.9. The average molecular weight is 678 g/mol. The van der Waals surface area contributed by atoms with Crippen LogP contribution in [0, 0.1) is 29.9 Å². The number of aldehydes is 1. The summed E-state index contributed by atoms with van der Waals surface area (Å²) in [6, 6.07) is 12.9. The number of nitrogens with one attached hydrogen (secondary N) is 1. The summed E-state index contributed by atoms with van der Waals surface area (Å²) in [5, 5.41) is 15.1. The van der Waals surface area contributed by atoms with Gasteiger partial charge < -0.3 is 21.1 Å². The number of thiophene rings is 1. The smallest absolute Gasteiger partial charge is 0.249 e. The molecule has 0 spiro atoms. The van der Waals surface area contributed by atoms with Crippen molar-refractivity contribution >= 4 is 29.4 Å². The molecule has 1 unspecified atom stereocenters. The van der Waals surface area contributed by atoms with Crippen LogP contribution in [0.2, 0.25) is 0 Å². The minimum absolute atomic E-state index is 0.0345. The maximum atomic E-state index is 14.3. The fraction of sp³-hybridized carbons (Fsp3) is 0.395. The molecule has 0 bridgehead atoms. The number of nitrogens with zero attached hydrogens (tertiary/aromatic N) is 1. The quantitative estimate of drug-likeness (QED) is 0.150. The molecule has 256 valence electrons. The number of hydrogen-bond acceptors (Lipinski definition) is 6. The van der Waals surface area contributed by atoms with Gasteiger partial charge in [0.1, 0.15) is 11.6 Å². The molecule has 0 aliphatic heterocycles. The van der Waals surface area contributed by atoms with Gasteiger partial charge in [-0.1, -0.05) is 49.8 Å². The number of halogens is 2. The van der Waals surface area contributed by atoms with E-state index in [1.54, 1.807) is 24.0 Å². The van der Waals surface area contributed by atoms with Gasteiger partial charge in [0.25, 0.3) is 0 Å². The summed E-state index contributed by atoms with van der Waals surface area (Å²) in [6.07, 6.45) is 4.53. The van der Waals surface area contributed by atoms with Gasteiger partial charge in [0, 0.05) is 48.6 Å².